The number of hydrogen-bond donors (Lipinski definition) is 1. The van der Waals surface area contributed by atoms with Crippen LogP contribution in [0, 0.1) is 12.3 Å². The van der Waals surface area contributed by atoms with E-state index in [0.717, 1.165) is 16.1 Å². The van der Waals surface area contributed by atoms with E-state index in [0.29, 0.717) is 0 Å². The molecule has 0 aliphatic carbocycles. The maximum atomic E-state index is 15.5. The molecule has 0 bridgehead atoms. The molecule has 1 amide bonds. The van der Waals surface area contributed by atoms with Crippen LogP contribution in [0.1, 0.15) is 40.3 Å². The number of amides is 1. The molecule has 182 valence electrons. The lowest BCUT2D eigenvalue weighted by atomic mass is 10.0. The molecule has 2 aromatic heterocycles. The van der Waals surface area contributed by atoms with E-state index in [9.17, 15) is 19.2 Å². The minimum absolute atomic E-state index is 0.0328. The van der Waals surface area contributed by atoms with Gasteiger partial charge in [0.05, 0.1) is 12.7 Å². The van der Waals surface area contributed by atoms with Gasteiger partial charge in [-0.05, 0) is 6.42 Å². The van der Waals surface area contributed by atoms with Crippen LogP contribution < -0.4 is 11.0 Å². The Morgan fingerprint density at radius 3 is 2.59 bits per heavy atom. The van der Waals surface area contributed by atoms with Crippen LogP contribution in [0.15, 0.2) is 11.0 Å². The highest BCUT2D eigenvalue weighted by Gasteiger charge is 2.53. The summed E-state index contributed by atoms with van der Waals surface area (Å²) in [7, 11) is 0. The first-order valence-electron chi connectivity index (χ1n) is 10.4. The molecule has 34 heavy (non-hydrogen) atoms. The number of carbonyl (C=O) groups excluding carboxylic acids is 3. The van der Waals surface area contributed by atoms with Crippen molar-refractivity contribution in [1.82, 2.24) is 19.1 Å². The topological polar surface area (TPSA) is 144 Å². The van der Waals surface area contributed by atoms with Crippen molar-refractivity contribution in [3.05, 3.63) is 16.7 Å². The summed E-state index contributed by atoms with van der Waals surface area (Å²) in [6.07, 6.45) is -0.438. The maximum absolute atomic E-state index is 15.5. The number of esters is 2. The summed E-state index contributed by atoms with van der Waals surface area (Å²) in [5, 5.41) is 2.40. The van der Waals surface area contributed by atoms with Crippen LogP contribution in [-0.2, 0) is 35.1 Å². The molecule has 0 saturated carbocycles. The van der Waals surface area contributed by atoms with Gasteiger partial charge in [-0.1, -0.05) is 12.8 Å². The van der Waals surface area contributed by atoms with Crippen LogP contribution in [-0.4, -0.2) is 61.4 Å². The Morgan fingerprint density at radius 1 is 1.32 bits per heavy atom. The molecule has 1 unspecified atom stereocenters. The molecule has 0 radical (unpaired) electrons. The first-order valence-corrected chi connectivity index (χ1v) is 10.4. The van der Waals surface area contributed by atoms with E-state index >= 15 is 4.39 Å². The van der Waals surface area contributed by atoms with Crippen LogP contribution in [0.5, 0.6) is 0 Å². The molecular formula is C21H24FN5O7. The van der Waals surface area contributed by atoms with E-state index in [1.54, 1.807) is 6.92 Å². The highest BCUT2D eigenvalue weighted by Crippen LogP contribution is 2.37. The van der Waals surface area contributed by atoms with Crippen LogP contribution >= 0.6 is 0 Å². The average molecular weight is 477 g/mol. The van der Waals surface area contributed by atoms with Crippen molar-refractivity contribution in [2.75, 3.05) is 5.32 Å². The lowest BCUT2D eigenvalue weighted by molar-refractivity contribution is -0.159. The second kappa shape index (κ2) is 10.0. The molecule has 12 nitrogen and oxygen atoms in total. The number of halogens is 1. The average Bonchev–Trinajstić information content (AvgIpc) is 3.19. The zero-order valence-corrected chi connectivity index (χ0v) is 19.0. The highest BCUT2D eigenvalue weighted by molar-refractivity contribution is 5.87. The second-order valence-electron chi connectivity index (χ2n) is 7.59. The molecule has 0 spiro atoms. The molecule has 1 saturated heterocycles. The van der Waals surface area contributed by atoms with Gasteiger partial charge in [-0.25, -0.2) is 18.7 Å². The normalized spacial score (nSPS) is 22.7. The maximum Gasteiger partial charge on any atom is 0.333 e. The number of carbonyl (C=O) groups is 3. The number of terminal acetylenes is 1. The Bertz CT molecular complexity index is 1220. The van der Waals surface area contributed by atoms with Crippen molar-refractivity contribution in [1.29, 1.82) is 0 Å². The third-order valence-corrected chi connectivity index (χ3v) is 5.09. The first-order chi connectivity index (χ1) is 16.1. The summed E-state index contributed by atoms with van der Waals surface area (Å²) in [5.41, 5.74) is -0.569. The Kier molecular flexibility index (Phi) is 7.31. The van der Waals surface area contributed by atoms with Crippen molar-refractivity contribution < 1.29 is 33.0 Å². The Hall–Kier alpha value is -3.79. The van der Waals surface area contributed by atoms with E-state index in [1.165, 1.54) is 20.0 Å². The van der Waals surface area contributed by atoms with Gasteiger partial charge in [0.2, 0.25) is 11.9 Å². The number of ether oxygens (including phenoxy) is 3. The number of aromatic nitrogens is 4. The number of imidazole rings is 1. The standard InChI is InChI=1S/C21H24FN5O7/c1-6-8-26-13-9-23-20(24-10(3)28)25-18(13)27(21(26)31)19-17(33-12(5)30)15(22)16(34-19)14(7-2)32-11(4)29/h1,9,14-17,19H,7-8H2,2-5H3,(H,23,24,25,28)/t14?,15-,16+,17+,19+/m0/s1. The van der Waals surface area contributed by atoms with Crippen molar-refractivity contribution in [3.8, 4) is 12.3 Å². The first kappa shape index (κ1) is 24.8. The molecular weight excluding hydrogens is 453 g/mol. The zero-order valence-electron chi connectivity index (χ0n) is 19.0. The van der Waals surface area contributed by atoms with Gasteiger partial charge in [-0.2, -0.15) is 4.98 Å². The Morgan fingerprint density at radius 2 is 2.03 bits per heavy atom. The molecule has 1 aliphatic rings. The molecule has 13 heteroatoms. The van der Waals surface area contributed by atoms with Crippen LogP contribution in [0.3, 0.4) is 0 Å². The van der Waals surface area contributed by atoms with Gasteiger partial charge in [0.15, 0.2) is 24.2 Å². The van der Waals surface area contributed by atoms with Gasteiger partial charge < -0.3 is 14.2 Å². The van der Waals surface area contributed by atoms with E-state index in [2.05, 4.69) is 21.2 Å². The smallest absolute Gasteiger partial charge is 0.333 e. The largest absolute Gasteiger partial charge is 0.460 e. The molecule has 1 aliphatic heterocycles. The Labute approximate surface area is 193 Å². The summed E-state index contributed by atoms with van der Waals surface area (Å²) in [5.74, 6) is 0.314. The molecule has 2 aromatic rings. The molecule has 3 rings (SSSR count). The Balaban J connectivity index is 2.19. The second-order valence-corrected chi connectivity index (χ2v) is 7.59. The predicted molar refractivity (Wildman–Crippen MR) is 115 cm³/mol. The summed E-state index contributed by atoms with van der Waals surface area (Å²) in [6, 6.07) is 0. The number of fused-ring (bicyclic) bond motifs is 1. The zero-order chi connectivity index (χ0) is 25.2. The van der Waals surface area contributed by atoms with E-state index < -0.39 is 54.2 Å². The molecule has 0 aromatic carbocycles. The van der Waals surface area contributed by atoms with Gasteiger partial charge in [0.1, 0.15) is 17.7 Å². The molecule has 3 heterocycles. The van der Waals surface area contributed by atoms with E-state index in [1.807, 2.05) is 0 Å². The van der Waals surface area contributed by atoms with Crippen molar-refractivity contribution in [2.24, 2.45) is 0 Å². The lowest BCUT2D eigenvalue weighted by Gasteiger charge is -2.23. The molecule has 5 atom stereocenters. The van der Waals surface area contributed by atoms with Gasteiger partial charge in [-0.15, -0.1) is 6.42 Å². The van der Waals surface area contributed by atoms with Crippen LogP contribution in [0.4, 0.5) is 10.3 Å². The number of alkyl halides is 1. The minimum atomic E-state index is -1.94. The van der Waals surface area contributed by atoms with Gasteiger partial charge >= 0.3 is 17.6 Å². The number of rotatable bonds is 7. The van der Waals surface area contributed by atoms with Crippen molar-refractivity contribution in [2.45, 2.75) is 71.4 Å². The van der Waals surface area contributed by atoms with Gasteiger partial charge in [0.25, 0.3) is 0 Å². The number of hydrogen-bond acceptors (Lipinski definition) is 9. The fourth-order valence-electron chi connectivity index (χ4n) is 3.82. The summed E-state index contributed by atoms with van der Waals surface area (Å²) in [4.78, 5) is 56.2. The fourth-order valence-corrected chi connectivity index (χ4v) is 3.82. The van der Waals surface area contributed by atoms with Crippen LogP contribution in [0.2, 0.25) is 0 Å². The van der Waals surface area contributed by atoms with E-state index in [-0.39, 0.29) is 30.1 Å². The van der Waals surface area contributed by atoms with Crippen LogP contribution in [0.25, 0.3) is 11.2 Å². The fraction of sp³-hybridized carbons (Fsp3) is 0.524. The monoisotopic (exact) mass is 477 g/mol. The quantitative estimate of drug-likeness (QED) is 0.450. The summed E-state index contributed by atoms with van der Waals surface area (Å²) >= 11 is 0. The lowest BCUT2D eigenvalue weighted by Crippen LogP contribution is -2.39. The third-order valence-electron chi connectivity index (χ3n) is 5.09. The highest BCUT2D eigenvalue weighted by atomic mass is 19.1. The predicted octanol–water partition coefficient (Wildman–Crippen LogP) is 0.694. The number of nitrogens with zero attached hydrogens (tertiary/aromatic N) is 4. The van der Waals surface area contributed by atoms with Crippen molar-refractivity contribution >= 4 is 35.0 Å². The van der Waals surface area contributed by atoms with Gasteiger partial charge in [0, 0.05) is 20.8 Å². The van der Waals surface area contributed by atoms with E-state index in [4.69, 9.17) is 20.6 Å². The minimum Gasteiger partial charge on any atom is -0.460 e. The summed E-state index contributed by atoms with van der Waals surface area (Å²) < 4.78 is 33.9. The molecule has 1 fully saturated rings. The SMILES string of the molecule is C#CCn1c(=O)n([C@@H]2O[C@H](C(CC)OC(C)=O)[C@H](F)[C@H]2OC(C)=O)c2nc(NC(C)=O)ncc21. The summed E-state index contributed by atoms with van der Waals surface area (Å²) in [6.45, 7) is 5.00. The number of nitrogens with one attached hydrogen (secondary N) is 1. The molecule has 1 N–H and O–H groups in total. The van der Waals surface area contributed by atoms with Gasteiger partial charge in [-0.3, -0.25) is 24.3 Å². The third kappa shape index (κ3) is 4.76. The number of anilines is 1. The van der Waals surface area contributed by atoms with Crippen molar-refractivity contribution in [3.63, 3.8) is 0 Å².